The molecule has 3 heteroatoms. The lowest BCUT2D eigenvalue weighted by Gasteiger charge is -2.25. The molecule has 0 aromatic heterocycles. The van der Waals surface area contributed by atoms with Crippen molar-refractivity contribution in [1.29, 1.82) is 5.26 Å². The van der Waals surface area contributed by atoms with Gasteiger partial charge in [0.1, 0.15) is 0 Å². The lowest BCUT2D eigenvalue weighted by Crippen LogP contribution is -2.41. The number of nitrogens with one attached hydrogen (secondary N) is 1. The number of nitriles is 1. The molecule has 0 heterocycles. The molecular weight excluding hydrogens is 252 g/mol. The zero-order chi connectivity index (χ0) is 11.3. The maximum atomic E-state index is 8.51. The van der Waals surface area contributed by atoms with Gasteiger partial charge in [0.25, 0.3) is 0 Å². The number of hydrogen-bond donors (Lipinski definition) is 1. The van der Waals surface area contributed by atoms with E-state index in [0.29, 0.717) is 6.54 Å². The molecule has 0 radical (unpaired) electrons. The minimum absolute atomic E-state index is 0.0381. The van der Waals surface area contributed by atoms with Gasteiger partial charge in [-0.1, -0.05) is 28.1 Å². The molecule has 0 fully saturated rings. The fourth-order valence-corrected chi connectivity index (χ4v) is 1.72. The molecular formula is C12H15BrN2. The molecule has 1 aromatic carbocycles. The monoisotopic (exact) mass is 266 g/mol. The standard InChI is InChI=1S/C12H15BrN2/c1-12(2,15-8-7-14)9-10-3-5-11(13)6-4-10/h3-6,15H,8-9H2,1-2H3. The van der Waals surface area contributed by atoms with Gasteiger partial charge < -0.3 is 0 Å². The molecule has 0 aliphatic rings. The van der Waals surface area contributed by atoms with Crippen molar-refractivity contribution >= 4 is 15.9 Å². The Morgan fingerprint density at radius 3 is 2.47 bits per heavy atom. The van der Waals surface area contributed by atoms with Crippen molar-refractivity contribution < 1.29 is 0 Å². The third-order valence-corrected chi connectivity index (χ3v) is 2.73. The van der Waals surface area contributed by atoms with Crippen LogP contribution in [0.25, 0.3) is 0 Å². The molecule has 0 aliphatic heterocycles. The zero-order valence-corrected chi connectivity index (χ0v) is 10.6. The van der Waals surface area contributed by atoms with E-state index in [-0.39, 0.29) is 5.54 Å². The average molecular weight is 267 g/mol. The highest BCUT2D eigenvalue weighted by Gasteiger charge is 2.16. The van der Waals surface area contributed by atoms with Gasteiger partial charge in [-0.05, 0) is 38.0 Å². The Morgan fingerprint density at radius 2 is 1.93 bits per heavy atom. The second-order valence-electron chi connectivity index (χ2n) is 4.20. The Labute approximate surface area is 99.4 Å². The fourth-order valence-electron chi connectivity index (χ4n) is 1.45. The van der Waals surface area contributed by atoms with Crippen LogP contribution in [-0.2, 0) is 6.42 Å². The molecule has 2 nitrogen and oxygen atoms in total. The van der Waals surface area contributed by atoms with Gasteiger partial charge in [0.15, 0.2) is 0 Å². The summed E-state index contributed by atoms with van der Waals surface area (Å²) in [5.74, 6) is 0. The van der Waals surface area contributed by atoms with E-state index in [1.807, 2.05) is 12.1 Å². The quantitative estimate of drug-likeness (QED) is 0.851. The van der Waals surface area contributed by atoms with E-state index in [4.69, 9.17) is 5.26 Å². The van der Waals surface area contributed by atoms with Gasteiger partial charge in [0, 0.05) is 10.0 Å². The smallest absolute Gasteiger partial charge is 0.0845 e. The van der Waals surface area contributed by atoms with Crippen LogP contribution in [0.1, 0.15) is 19.4 Å². The van der Waals surface area contributed by atoms with Crippen LogP contribution in [0.2, 0.25) is 0 Å². The van der Waals surface area contributed by atoms with E-state index in [2.05, 4.69) is 53.3 Å². The van der Waals surface area contributed by atoms with E-state index in [1.54, 1.807) is 0 Å². The normalized spacial score (nSPS) is 11.1. The van der Waals surface area contributed by atoms with E-state index in [1.165, 1.54) is 5.56 Å². The summed E-state index contributed by atoms with van der Waals surface area (Å²) in [6, 6.07) is 10.4. The summed E-state index contributed by atoms with van der Waals surface area (Å²) >= 11 is 3.41. The summed E-state index contributed by atoms with van der Waals surface area (Å²) in [5, 5.41) is 11.7. The molecule has 80 valence electrons. The van der Waals surface area contributed by atoms with Crippen LogP contribution < -0.4 is 5.32 Å². The highest BCUT2D eigenvalue weighted by molar-refractivity contribution is 9.10. The first-order valence-electron chi connectivity index (χ1n) is 4.90. The fraction of sp³-hybridized carbons (Fsp3) is 0.417. The largest absolute Gasteiger partial charge is 0.299 e. The Balaban J connectivity index is 2.61. The minimum Gasteiger partial charge on any atom is -0.299 e. The second kappa shape index (κ2) is 5.29. The van der Waals surface area contributed by atoms with E-state index in [0.717, 1.165) is 10.9 Å². The molecule has 1 N–H and O–H groups in total. The van der Waals surface area contributed by atoms with E-state index < -0.39 is 0 Å². The zero-order valence-electron chi connectivity index (χ0n) is 9.05. The number of benzene rings is 1. The van der Waals surface area contributed by atoms with Gasteiger partial charge in [-0.3, -0.25) is 5.32 Å². The summed E-state index contributed by atoms with van der Waals surface area (Å²) in [6.07, 6.45) is 0.919. The molecule has 1 rings (SSSR count). The molecule has 0 unspecified atom stereocenters. The SMILES string of the molecule is CC(C)(Cc1ccc(Br)cc1)NCC#N. The highest BCUT2D eigenvalue weighted by Crippen LogP contribution is 2.15. The lowest BCUT2D eigenvalue weighted by atomic mass is 9.95. The van der Waals surface area contributed by atoms with Crippen molar-refractivity contribution in [3.8, 4) is 6.07 Å². The van der Waals surface area contributed by atoms with E-state index in [9.17, 15) is 0 Å². The molecule has 0 spiro atoms. The Kier molecular flexibility index (Phi) is 4.31. The third-order valence-electron chi connectivity index (χ3n) is 2.21. The molecule has 0 amide bonds. The van der Waals surface area contributed by atoms with Gasteiger partial charge in [-0.15, -0.1) is 0 Å². The molecule has 0 bridgehead atoms. The van der Waals surface area contributed by atoms with Gasteiger partial charge in [0.2, 0.25) is 0 Å². The lowest BCUT2D eigenvalue weighted by molar-refractivity contribution is 0.407. The first kappa shape index (κ1) is 12.2. The summed E-state index contributed by atoms with van der Waals surface area (Å²) in [6.45, 7) is 4.60. The van der Waals surface area contributed by atoms with Gasteiger partial charge in [0.05, 0.1) is 12.6 Å². The topological polar surface area (TPSA) is 35.8 Å². The number of rotatable bonds is 4. The number of halogens is 1. The van der Waals surface area contributed by atoms with Crippen molar-refractivity contribution in [1.82, 2.24) is 5.32 Å². The maximum Gasteiger partial charge on any atom is 0.0845 e. The Hall–Kier alpha value is -0.850. The van der Waals surface area contributed by atoms with Crippen molar-refractivity contribution in [3.63, 3.8) is 0 Å². The molecule has 15 heavy (non-hydrogen) atoms. The first-order chi connectivity index (χ1) is 7.03. The molecule has 1 aromatic rings. The van der Waals surface area contributed by atoms with Crippen LogP contribution in [0.3, 0.4) is 0 Å². The molecule has 0 atom stereocenters. The highest BCUT2D eigenvalue weighted by atomic mass is 79.9. The number of nitrogens with zero attached hydrogens (tertiary/aromatic N) is 1. The van der Waals surface area contributed by atoms with Gasteiger partial charge in [-0.25, -0.2) is 0 Å². The average Bonchev–Trinajstić information content (AvgIpc) is 2.18. The van der Waals surface area contributed by atoms with Crippen LogP contribution in [0.5, 0.6) is 0 Å². The first-order valence-corrected chi connectivity index (χ1v) is 5.69. The van der Waals surface area contributed by atoms with Crippen LogP contribution >= 0.6 is 15.9 Å². The third kappa shape index (κ3) is 4.46. The number of hydrogen-bond acceptors (Lipinski definition) is 2. The van der Waals surface area contributed by atoms with Crippen LogP contribution in [0.4, 0.5) is 0 Å². The molecule has 0 saturated carbocycles. The van der Waals surface area contributed by atoms with Crippen molar-refractivity contribution in [2.75, 3.05) is 6.54 Å². The van der Waals surface area contributed by atoms with Gasteiger partial charge >= 0.3 is 0 Å². The second-order valence-corrected chi connectivity index (χ2v) is 5.11. The summed E-state index contributed by atoms with van der Waals surface area (Å²) in [7, 11) is 0. The van der Waals surface area contributed by atoms with Crippen LogP contribution in [0, 0.1) is 11.3 Å². The van der Waals surface area contributed by atoms with Crippen LogP contribution in [0.15, 0.2) is 28.7 Å². The minimum atomic E-state index is -0.0381. The van der Waals surface area contributed by atoms with Gasteiger partial charge in [-0.2, -0.15) is 5.26 Å². The molecule has 0 saturated heterocycles. The van der Waals surface area contributed by atoms with Crippen molar-refractivity contribution in [2.45, 2.75) is 25.8 Å². The predicted molar refractivity (Wildman–Crippen MR) is 65.5 cm³/mol. The van der Waals surface area contributed by atoms with Crippen molar-refractivity contribution in [2.24, 2.45) is 0 Å². The van der Waals surface area contributed by atoms with Crippen molar-refractivity contribution in [3.05, 3.63) is 34.3 Å². The van der Waals surface area contributed by atoms with E-state index >= 15 is 0 Å². The predicted octanol–water partition coefficient (Wildman–Crippen LogP) is 2.88. The van der Waals surface area contributed by atoms with Crippen LogP contribution in [-0.4, -0.2) is 12.1 Å². The summed E-state index contributed by atoms with van der Waals surface area (Å²) in [5.41, 5.74) is 1.23. The summed E-state index contributed by atoms with van der Waals surface area (Å²) < 4.78 is 1.09. The Bertz CT molecular complexity index is 349. The summed E-state index contributed by atoms with van der Waals surface area (Å²) in [4.78, 5) is 0. The molecule has 0 aliphatic carbocycles. The maximum absolute atomic E-state index is 8.51. The Morgan fingerprint density at radius 1 is 1.33 bits per heavy atom.